The van der Waals surface area contributed by atoms with Crippen LogP contribution in [0.2, 0.25) is 0 Å². The molecule has 0 fully saturated rings. The molecule has 0 bridgehead atoms. The first-order valence-electron chi connectivity index (χ1n) is 11.3. The molecular weight excluding hydrogens is 578 g/mol. The van der Waals surface area contributed by atoms with Crippen molar-refractivity contribution < 1.29 is 10.2 Å². The Morgan fingerprint density at radius 3 is 1.31 bits per heavy atom. The number of aromatic nitrogens is 2. The number of nitrogens with zero attached hydrogens (tertiary/aromatic N) is 2. The first-order valence-corrected chi connectivity index (χ1v) is 14.7. The summed E-state index contributed by atoms with van der Waals surface area (Å²) in [5.74, 6) is 0.745. The van der Waals surface area contributed by atoms with Crippen molar-refractivity contribution in [2.45, 2.75) is 0 Å². The van der Waals surface area contributed by atoms with Gasteiger partial charge in [0.05, 0.1) is 0 Å². The third kappa shape index (κ3) is 5.59. The summed E-state index contributed by atoms with van der Waals surface area (Å²) < 4.78 is 4.55. The molecule has 0 radical (unpaired) electrons. The summed E-state index contributed by atoms with van der Waals surface area (Å²) in [6, 6.07) is 31.8. The molecular formula is C30H22N2O2Se2. The summed E-state index contributed by atoms with van der Waals surface area (Å²) >= 11 is 0.207. The first-order chi connectivity index (χ1) is 17.7. The van der Waals surface area contributed by atoms with E-state index in [2.05, 4.69) is 34.2 Å². The quantitative estimate of drug-likeness (QED) is 0.306. The van der Waals surface area contributed by atoms with Gasteiger partial charge in [0.2, 0.25) is 0 Å². The van der Waals surface area contributed by atoms with Gasteiger partial charge < -0.3 is 0 Å². The molecule has 0 atom stereocenters. The number of rotatable bonds is 4. The van der Waals surface area contributed by atoms with Crippen molar-refractivity contribution in [2.24, 2.45) is 0 Å². The minimum absolute atomic E-state index is 0.103. The van der Waals surface area contributed by atoms with Crippen molar-refractivity contribution in [3.8, 4) is 11.5 Å². The van der Waals surface area contributed by atoms with Crippen LogP contribution < -0.4 is 17.8 Å². The Hall–Kier alpha value is -3.66. The number of phenolic OH excluding ortho intramolecular Hbond substituents is 2. The fraction of sp³-hybridized carbons (Fsp3) is 0. The Morgan fingerprint density at radius 1 is 0.472 bits per heavy atom. The summed E-state index contributed by atoms with van der Waals surface area (Å²) in [7, 11) is 0. The van der Waals surface area contributed by atoms with E-state index in [4.69, 9.17) is 0 Å². The monoisotopic (exact) mass is 602 g/mol. The van der Waals surface area contributed by atoms with Crippen LogP contribution in [0.15, 0.2) is 122 Å². The van der Waals surface area contributed by atoms with Gasteiger partial charge in [0.15, 0.2) is 0 Å². The van der Waals surface area contributed by atoms with Gasteiger partial charge in [-0.25, -0.2) is 0 Å². The van der Waals surface area contributed by atoms with Crippen LogP contribution in [0.1, 0.15) is 0 Å². The second-order valence-corrected chi connectivity index (χ2v) is 12.4. The molecule has 6 heteroatoms. The molecule has 0 aliphatic heterocycles. The number of fused-ring (bicyclic) bond motifs is 2. The van der Waals surface area contributed by atoms with Gasteiger partial charge in [-0.05, 0) is 0 Å². The van der Waals surface area contributed by atoms with E-state index in [0.29, 0.717) is 11.5 Å². The molecule has 2 aromatic heterocycles. The Kier molecular flexibility index (Phi) is 7.61. The van der Waals surface area contributed by atoms with Gasteiger partial charge in [0.1, 0.15) is 0 Å². The molecule has 4 nitrogen and oxygen atoms in total. The molecule has 6 rings (SSSR count). The summed E-state index contributed by atoms with van der Waals surface area (Å²) in [6.07, 6.45) is 7.21. The van der Waals surface area contributed by atoms with Crippen LogP contribution in [0.4, 0.5) is 0 Å². The van der Waals surface area contributed by atoms with E-state index in [1.807, 2.05) is 73.1 Å². The molecule has 0 saturated heterocycles. The van der Waals surface area contributed by atoms with Crippen molar-refractivity contribution in [1.82, 2.24) is 9.97 Å². The molecule has 0 unspecified atom stereocenters. The van der Waals surface area contributed by atoms with Crippen LogP contribution in [0, 0.1) is 0 Å². The van der Waals surface area contributed by atoms with Gasteiger partial charge in [-0.15, -0.1) is 0 Å². The molecule has 6 aromatic rings. The standard InChI is InChI=1S/2C15H11NOSe/c2*17-14-7-6-11-10-16-9-8-13(11)15(14)18-12-4-2-1-3-5-12/h2*1-10,17H. The molecule has 0 aliphatic rings. The van der Waals surface area contributed by atoms with E-state index >= 15 is 0 Å². The zero-order valence-electron chi connectivity index (χ0n) is 19.2. The Balaban J connectivity index is 0.000000148. The van der Waals surface area contributed by atoms with E-state index in [0.717, 1.165) is 30.5 Å². The van der Waals surface area contributed by atoms with Crippen LogP contribution in [0.25, 0.3) is 21.5 Å². The predicted molar refractivity (Wildman–Crippen MR) is 150 cm³/mol. The van der Waals surface area contributed by atoms with Crippen LogP contribution in [0.3, 0.4) is 0 Å². The zero-order valence-corrected chi connectivity index (χ0v) is 22.6. The van der Waals surface area contributed by atoms with Gasteiger partial charge in [0.25, 0.3) is 0 Å². The molecule has 0 saturated carbocycles. The number of hydrogen-bond donors (Lipinski definition) is 2. The van der Waals surface area contributed by atoms with Crippen LogP contribution in [-0.4, -0.2) is 50.1 Å². The van der Waals surface area contributed by atoms with Gasteiger partial charge in [-0.3, -0.25) is 0 Å². The average molecular weight is 600 g/mol. The summed E-state index contributed by atoms with van der Waals surface area (Å²) in [5.41, 5.74) is 0. The number of hydrogen-bond acceptors (Lipinski definition) is 4. The van der Waals surface area contributed by atoms with E-state index in [1.54, 1.807) is 24.5 Å². The van der Waals surface area contributed by atoms with Crippen molar-refractivity contribution in [3.63, 3.8) is 0 Å². The van der Waals surface area contributed by atoms with Crippen molar-refractivity contribution >= 4 is 69.3 Å². The average Bonchev–Trinajstić information content (AvgIpc) is 2.93. The second-order valence-electron chi connectivity index (χ2n) is 7.85. The van der Waals surface area contributed by atoms with Gasteiger partial charge in [-0.1, -0.05) is 0 Å². The van der Waals surface area contributed by atoms with Crippen LogP contribution in [-0.2, 0) is 0 Å². The third-order valence-corrected chi connectivity index (χ3v) is 10.2. The molecule has 36 heavy (non-hydrogen) atoms. The minimum atomic E-state index is 0.103. The van der Waals surface area contributed by atoms with Crippen LogP contribution in [0.5, 0.6) is 11.5 Å². The van der Waals surface area contributed by atoms with Crippen LogP contribution >= 0.6 is 0 Å². The van der Waals surface area contributed by atoms with Gasteiger partial charge >= 0.3 is 223 Å². The van der Waals surface area contributed by atoms with E-state index in [9.17, 15) is 10.2 Å². The van der Waals surface area contributed by atoms with Crippen molar-refractivity contribution in [2.75, 3.05) is 0 Å². The topological polar surface area (TPSA) is 66.2 Å². The SMILES string of the molecule is Oc1ccc2cnccc2c1[Se]c1ccccc1.Oc1ccc2cnccc2c1[Se]c1ccccc1. The summed E-state index contributed by atoms with van der Waals surface area (Å²) in [6.45, 7) is 0. The molecule has 0 spiro atoms. The number of pyridine rings is 2. The predicted octanol–water partition coefficient (Wildman–Crippen LogP) is 3.19. The Bertz CT molecular complexity index is 1490. The number of aromatic hydroxyl groups is 2. The molecule has 2 N–H and O–H groups in total. The molecule has 2 heterocycles. The Labute approximate surface area is 222 Å². The van der Waals surface area contributed by atoms with E-state index < -0.39 is 0 Å². The molecule has 4 aromatic carbocycles. The van der Waals surface area contributed by atoms with E-state index in [-0.39, 0.29) is 29.9 Å². The number of phenols is 2. The van der Waals surface area contributed by atoms with Gasteiger partial charge in [-0.2, -0.15) is 0 Å². The number of benzene rings is 4. The third-order valence-electron chi connectivity index (χ3n) is 5.43. The van der Waals surface area contributed by atoms with Crippen molar-refractivity contribution in [1.29, 1.82) is 0 Å². The Morgan fingerprint density at radius 2 is 0.889 bits per heavy atom. The van der Waals surface area contributed by atoms with Gasteiger partial charge in [0, 0.05) is 0 Å². The zero-order chi connectivity index (χ0) is 24.7. The maximum absolute atomic E-state index is 10.1. The summed E-state index contributed by atoms with van der Waals surface area (Å²) in [5, 5.41) is 24.5. The fourth-order valence-electron chi connectivity index (χ4n) is 3.68. The normalized spacial score (nSPS) is 10.7. The maximum atomic E-state index is 10.1. The van der Waals surface area contributed by atoms with E-state index in [1.165, 1.54) is 8.92 Å². The molecule has 176 valence electrons. The molecule has 0 amide bonds. The molecule has 0 aliphatic carbocycles. The summed E-state index contributed by atoms with van der Waals surface area (Å²) in [4.78, 5) is 8.23. The first kappa shape index (κ1) is 24.1. The fourth-order valence-corrected chi connectivity index (χ4v) is 7.87. The second kappa shape index (κ2) is 11.4. The van der Waals surface area contributed by atoms with Crippen molar-refractivity contribution in [3.05, 3.63) is 122 Å².